The molecule has 46 heavy (non-hydrogen) atoms. The van der Waals surface area contributed by atoms with Gasteiger partial charge in [0, 0.05) is 47.9 Å². The molecule has 0 aliphatic heterocycles. The van der Waals surface area contributed by atoms with Gasteiger partial charge in [0.2, 0.25) is 5.91 Å². The zero-order valence-electron chi connectivity index (χ0n) is 27.7. The molecule has 1 heterocycles. The van der Waals surface area contributed by atoms with Crippen LogP contribution in [0.4, 0.5) is 10.1 Å². The first kappa shape index (κ1) is 32.3. The van der Waals surface area contributed by atoms with Crippen LogP contribution in [0.15, 0.2) is 48.8 Å². The molecule has 246 valence electrons. The summed E-state index contributed by atoms with van der Waals surface area (Å²) in [5.41, 5.74) is 4.61. The molecular formula is C38H48FN3O4. The fraction of sp³-hybridized carbons (Fsp3) is 0.553. The zero-order valence-corrected chi connectivity index (χ0v) is 27.7. The number of carboxylic acid groups (broad SMARTS) is 1. The number of aromatic nitrogens is 2. The van der Waals surface area contributed by atoms with Gasteiger partial charge < -0.3 is 14.7 Å². The molecule has 0 saturated heterocycles. The van der Waals surface area contributed by atoms with Gasteiger partial charge in [-0.3, -0.25) is 14.3 Å². The van der Waals surface area contributed by atoms with Crippen LogP contribution in [-0.2, 0) is 15.0 Å². The number of hydrogen-bond acceptors (Lipinski definition) is 4. The van der Waals surface area contributed by atoms with E-state index in [4.69, 9.17) is 4.74 Å². The smallest absolute Gasteiger partial charge is 0.303 e. The van der Waals surface area contributed by atoms with Crippen LogP contribution in [-0.4, -0.2) is 40.4 Å². The third-order valence-electron chi connectivity index (χ3n) is 11.5. The summed E-state index contributed by atoms with van der Waals surface area (Å²) in [6, 6.07) is 11.9. The zero-order chi connectivity index (χ0) is 32.6. The Kier molecular flexibility index (Phi) is 9.01. The highest BCUT2D eigenvalue weighted by atomic mass is 19.1. The Balaban J connectivity index is 1.27. The van der Waals surface area contributed by atoms with E-state index in [1.807, 2.05) is 35.7 Å². The standard InChI is InChI=1S/C38H48FN3O4/c1-25(2)42-23-29(22-40-42)32-21-31(10-11-33(32)39)41(36(45)28-7-5-27(6-8-28)20-35(43)44)24-37-13-16-38(17-14-37,18-15-37)30-9-12-34(46-4)26(3)19-30/h9-12,19,21-23,25,27-28H,5-8,13-18,20,24H2,1-4H3,(H,43,44). The number of carbonyl (C=O) groups excluding carboxylic acids is 1. The Morgan fingerprint density at radius 1 is 1.04 bits per heavy atom. The predicted molar refractivity (Wildman–Crippen MR) is 178 cm³/mol. The number of carboxylic acids is 1. The monoisotopic (exact) mass is 629 g/mol. The van der Waals surface area contributed by atoms with Crippen LogP contribution in [0, 0.1) is 30.0 Å². The first-order valence-electron chi connectivity index (χ1n) is 17.0. The van der Waals surface area contributed by atoms with Crippen molar-refractivity contribution in [1.29, 1.82) is 0 Å². The largest absolute Gasteiger partial charge is 0.496 e. The van der Waals surface area contributed by atoms with Gasteiger partial charge in [0.25, 0.3) is 0 Å². The minimum atomic E-state index is -0.773. The maximum Gasteiger partial charge on any atom is 0.303 e. The highest BCUT2D eigenvalue weighted by molar-refractivity contribution is 5.96. The quantitative estimate of drug-likeness (QED) is 0.243. The molecule has 4 aliphatic rings. The number of benzene rings is 2. The lowest BCUT2D eigenvalue weighted by Crippen LogP contribution is -2.51. The molecule has 4 fully saturated rings. The molecular weight excluding hydrogens is 581 g/mol. The highest BCUT2D eigenvalue weighted by Gasteiger charge is 2.50. The molecule has 0 spiro atoms. The Labute approximate surface area is 272 Å². The third-order valence-corrected chi connectivity index (χ3v) is 11.5. The van der Waals surface area contributed by atoms with Crippen LogP contribution in [0.25, 0.3) is 11.1 Å². The van der Waals surface area contributed by atoms with E-state index in [1.54, 1.807) is 19.4 Å². The number of halogens is 1. The molecule has 7 rings (SSSR count). The molecule has 2 bridgehead atoms. The van der Waals surface area contributed by atoms with Crippen molar-refractivity contribution in [2.45, 2.75) is 103 Å². The molecule has 7 nitrogen and oxygen atoms in total. The van der Waals surface area contributed by atoms with Crippen LogP contribution >= 0.6 is 0 Å². The summed E-state index contributed by atoms with van der Waals surface area (Å²) in [5, 5.41) is 13.7. The molecule has 4 saturated carbocycles. The van der Waals surface area contributed by atoms with E-state index in [1.165, 1.54) is 11.6 Å². The van der Waals surface area contributed by atoms with E-state index < -0.39 is 5.97 Å². The minimum absolute atomic E-state index is 0.0104. The molecule has 4 aliphatic carbocycles. The second-order valence-electron chi connectivity index (χ2n) is 14.7. The second kappa shape index (κ2) is 12.8. The van der Waals surface area contributed by atoms with Crippen molar-refractivity contribution in [3.05, 3.63) is 65.7 Å². The molecule has 2 aromatic carbocycles. The van der Waals surface area contributed by atoms with Gasteiger partial charge in [0.15, 0.2) is 0 Å². The SMILES string of the molecule is COc1ccc(C23CCC(CN(C(=O)C4CCC(CC(=O)O)CC4)c4ccc(F)c(-c5cnn(C(C)C)c5)c4)(CC2)CC3)cc1C. The van der Waals surface area contributed by atoms with E-state index in [9.17, 15) is 14.7 Å². The third kappa shape index (κ3) is 6.32. The number of carbonyl (C=O) groups is 2. The van der Waals surface area contributed by atoms with Crippen LogP contribution < -0.4 is 9.64 Å². The van der Waals surface area contributed by atoms with Crippen LogP contribution in [0.2, 0.25) is 0 Å². The number of rotatable bonds is 10. The molecule has 0 unspecified atom stereocenters. The number of anilines is 1. The lowest BCUT2D eigenvalue weighted by molar-refractivity contribution is -0.138. The van der Waals surface area contributed by atoms with Gasteiger partial charge in [-0.15, -0.1) is 0 Å². The Morgan fingerprint density at radius 2 is 1.74 bits per heavy atom. The average Bonchev–Trinajstić information content (AvgIpc) is 3.55. The number of amides is 1. The molecule has 1 aromatic heterocycles. The number of methoxy groups -OCH3 is 1. The molecule has 1 N–H and O–H groups in total. The van der Waals surface area contributed by atoms with Crippen molar-refractivity contribution in [3.8, 4) is 16.9 Å². The van der Waals surface area contributed by atoms with Gasteiger partial charge in [0.05, 0.1) is 13.3 Å². The molecule has 1 amide bonds. The van der Waals surface area contributed by atoms with Gasteiger partial charge in [-0.2, -0.15) is 5.10 Å². The summed E-state index contributed by atoms with van der Waals surface area (Å²) < 4.78 is 22.7. The van der Waals surface area contributed by atoms with E-state index >= 15 is 4.39 Å². The normalized spacial score (nSPS) is 25.9. The number of aryl methyl sites for hydroxylation is 1. The Morgan fingerprint density at radius 3 is 2.33 bits per heavy atom. The topological polar surface area (TPSA) is 84.7 Å². The van der Waals surface area contributed by atoms with Crippen molar-refractivity contribution in [2.75, 3.05) is 18.6 Å². The summed E-state index contributed by atoms with van der Waals surface area (Å²) in [5.74, 6) is -0.135. The van der Waals surface area contributed by atoms with Crippen LogP contribution in [0.5, 0.6) is 5.75 Å². The van der Waals surface area contributed by atoms with Crippen LogP contribution in [0.3, 0.4) is 0 Å². The fourth-order valence-electron chi connectivity index (χ4n) is 8.52. The Bertz CT molecular complexity index is 1560. The summed E-state index contributed by atoms with van der Waals surface area (Å²) in [4.78, 5) is 27.8. The average molecular weight is 630 g/mol. The number of aliphatic carboxylic acids is 1. The number of nitrogens with zero attached hydrogens (tertiary/aromatic N) is 3. The fourth-order valence-corrected chi connectivity index (χ4v) is 8.52. The van der Waals surface area contributed by atoms with Gasteiger partial charge >= 0.3 is 5.97 Å². The number of hydrogen-bond donors (Lipinski definition) is 1. The molecule has 0 radical (unpaired) electrons. The van der Waals surface area contributed by atoms with E-state index in [0.29, 0.717) is 30.5 Å². The molecule has 3 aromatic rings. The lowest BCUT2D eigenvalue weighted by atomic mass is 9.51. The summed E-state index contributed by atoms with van der Waals surface area (Å²) in [6.45, 7) is 6.80. The van der Waals surface area contributed by atoms with E-state index in [0.717, 1.165) is 68.4 Å². The number of ether oxygens (including phenoxy) is 1. The van der Waals surface area contributed by atoms with Gasteiger partial charge in [-0.25, -0.2) is 4.39 Å². The van der Waals surface area contributed by atoms with Crippen molar-refractivity contribution in [2.24, 2.45) is 17.3 Å². The van der Waals surface area contributed by atoms with E-state index in [-0.39, 0.29) is 46.9 Å². The van der Waals surface area contributed by atoms with Crippen molar-refractivity contribution < 1.29 is 23.8 Å². The summed E-state index contributed by atoms with van der Waals surface area (Å²) in [6.07, 6.45) is 13.0. The van der Waals surface area contributed by atoms with Gasteiger partial charge in [0.1, 0.15) is 11.6 Å². The maximum absolute atomic E-state index is 15.3. The van der Waals surface area contributed by atoms with Gasteiger partial charge in [-0.1, -0.05) is 12.1 Å². The summed E-state index contributed by atoms with van der Waals surface area (Å²) in [7, 11) is 1.72. The van der Waals surface area contributed by atoms with Crippen molar-refractivity contribution in [3.63, 3.8) is 0 Å². The first-order valence-corrected chi connectivity index (χ1v) is 17.0. The number of fused-ring (bicyclic) bond motifs is 3. The van der Waals surface area contributed by atoms with Crippen molar-refractivity contribution >= 4 is 17.6 Å². The first-order chi connectivity index (χ1) is 22.0. The second-order valence-corrected chi connectivity index (χ2v) is 14.7. The summed E-state index contributed by atoms with van der Waals surface area (Å²) >= 11 is 0. The molecule has 0 atom stereocenters. The maximum atomic E-state index is 15.3. The highest BCUT2D eigenvalue weighted by Crippen LogP contribution is 2.58. The van der Waals surface area contributed by atoms with Crippen molar-refractivity contribution in [1.82, 2.24) is 9.78 Å². The predicted octanol–water partition coefficient (Wildman–Crippen LogP) is 8.49. The molecule has 8 heteroatoms. The van der Waals surface area contributed by atoms with Gasteiger partial charge in [-0.05, 0) is 137 Å². The Hall–Kier alpha value is -3.68. The van der Waals surface area contributed by atoms with Crippen LogP contribution in [0.1, 0.15) is 102 Å². The van der Waals surface area contributed by atoms with E-state index in [2.05, 4.69) is 30.2 Å². The minimum Gasteiger partial charge on any atom is -0.496 e. The lowest BCUT2D eigenvalue weighted by Gasteiger charge is -2.55.